The molecule has 2 aromatic heterocycles. The highest BCUT2D eigenvalue weighted by molar-refractivity contribution is 5.81. The summed E-state index contributed by atoms with van der Waals surface area (Å²) in [6.45, 7) is 0. The second-order valence-corrected chi connectivity index (χ2v) is 5.00. The van der Waals surface area contributed by atoms with E-state index in [-0.39, 0.29) is 11.2 Å². The predicted molar refractivity (Wildman–Crippen MR) is 78.7 cm³/mol. The van der Waals surface area contributed by atoms with Gasteiger partial charge in [0.25, 0.3) is 0 Å². The summed E-state index contributed by atoms with van der Waals surface area (Å²) in [7, 11) is 0. The van der Waals surface area contributed by atoms with E-state index in [2.05, 4.69) is 15.2 Å². The van der Waals surface area contributed by atoms with E-state index < -0.39 is 11.9 Å². The Labute approximate surface area is 128 Å². The molecule has 4 rings (SSSR count). The van der Waals surface area contributed by atoms with Gasteiger partial charge in [-0.2, -0.15) is 13.2 Å². The Kier molecular flexibility index (Phi) is 2.84. The van der Waals surface area contributed by atoms with Gasteiger partial charge in [0.2, 0.25) is 0 Å². The molecule has 7 heteroatoms. The third-order valence-corrected chi connectivity index (χ3v) is 3.53. The molecule has 4 aromatic rings. The van der Waals surface area contributed by atoms with Crippen molar-refractivity contribution in [3.8, 4) is 11.4 Å². The quantitative estimate of drug-likeness (QED) is 0.534. The Morgan fingerprint density at radius 2 is 1.52 bits per heavy atom. The molecule has 0 aliphatic rings. The van der Waals surface area contributed by atoms with Crippen molar-refractivity contribution < 1.29 is 13.2 Å². The molecule has 0 atom stereocenters. The van der Waals surface area contributed by atoms with Gasteiger partial charge in [-0.1, -0.05) is 42.5 Å². The summed E-state index contributed by atoms with van der Waals surface area (Å²) in [5.41, 5.74) is 0.120. The van der Waals surface area contributed by atoms with E-state index in [4.69, 9.17) is 0 Å². The van der Waals surface area contributed by atoms with Crippen LogP contribution in [0.5, 0.6) is 0 Å². The fourth-order valence-corrected chi connectivity index (χ4v) is 2.55. The van der Waals surface area contributed by atoms with Gasteiger partial charge in [-0.25, -0.2) is 4.98 Å². The van der Waals surface area contributed by atoms with Crippen molar-refractivity contribution in [3.63, 3.8) is 0 Å². The van der Waals surface area contributed by atoms with Crippen LogP contribution in [0.25, 0.3) is 28.1 Å². The molecular weight excluding hydrogens is 305 g/mol. The molecule has 0 saturated carbocycles. The van der Waals surface area contributed by atoms with Crippen molar-refractivity contribution in [1.29, 1.82) is 0 Å². The number of halogens is 3. The summed E-state index contributed by atoms with van der Waals surface area (Å²) in [6.07, 6.45) is -4.60. The number of hydrogen-bond acceptors (Lipinski definition) is 3. The lowest BCUT2D eigenvalue weighted by atomic mass is 10.2. The lowest BCUT2D eigenvalue weighted by molar-refractivity contribution is -0.140. The van der Waals surface area contributed by atoms with E-state index in [0.717, 1.165) is 0 Å². The molecule has 0 aliphatic carbocycles. The van der Waals surface area contributed by atoms with Gasteiger partial charge >= 0.3 is 6.18 Å². The normalized spacial score (nSPS) is 12.1. The molecule has 23 heavy (non-hydrogen) atoms. The highest BCUT2D eigenvalue weighted by Crippen LogP contribution is 2.33. The molecule has 0 bridgehead atoms. The summed E-state index contributed by atoms with van der Waals surface area (Å²) < 4.78 is 41.3. The second kappa shape index (κ2) is 4.77. The van der Waals surface area contributed by atoms with Gasteiger partial charge in [0.05, 0.1) is 11.0 Å². The van der Waals surface area contributed by atoms with Crippen molar-refractivity contribution in [2.75, 3.05) is 0 Å². The minimum Gasteiger partial charge on any atom is -0.271 e. The van der Waals surface area contributed by atoms with Crippen molar-refractivity contribution in [1.82, 2.24) is 19.6 Å². The van der Waals surface area contributed by atoms with Gasteiger partial charge in [-0.15, -0.1) is 10.2 Å². The maximum absolute atomic E-state index is 13.3. The highest BCUT2D eigenvalue weighted by atomic mass is 19.4. The molecule has 0 amide bonds. The second-order valence-electron chi connectivity index (χ2n) is 5.00. The molecular formula is C16H9F3N4. The zero-order valence-corrected chi connectivity index (χ0v) is 11.6. The molecule has 4 nitrogen and oxygen atoms in total. The van der Waals surface area contributed by atoms with E-state index in [0.29, 0.717) is 16.9 Å². The molecule has 114 valence electrons. The Morgan fingerprint density at radius 1 is 0.826 bits per heavy atom. The number of nitrogens with zero attached hydrogens (tertiary/aromatic N) is 4. The molecule has 0 unspecified atom stereocenters. The summed E-state index contributed by atoms with van der Waals surface area (Å²) >= 11 is 0. The van der Waals surface area contributed by atoms with Gasteiger partial charge in [-0.05, 0) is 12.1 Å². The number of fused-ring (bicyclic) bond motifs is 3. The van der Waals surface area contributed by atoms with Crippen LogP contribution in [0.15, 0.2) is 54.6 Å². The predicted octanol–water partition coefficient (Wildman–Crippen LogP) is 3.96. The molecule has 0 spiro atoms. The molecule has 0 aliphatic heterocycles. The summed E-state index contributed by atoms with van der Waals surface area (Å²) in [6, 6.07) is 15.6. The zero-order chi connectivity index (χ0) is 16.0. The average molecular weight is 314 g/mol. The molecule has 0 fully saturated rings. The number of para-hydroxylation sites is 2. The summed E-state index contributed by atoms with van der Waals surface area (Å²) in [5.74, 6) is 0.352. The lowest BCUT2D eigenvalue weighted by Crippen LogP contribution is -2.11. The fraction of sp³-hybridized carbons (Fsp3) is 0.0625. The number of rotatable bonds is 1. The minimum atomic E-state index is -4.60. The van der Waals surface area contributed by atoms with Gasteiger partial charge in [0, 0.05) is 5.56 Å². The molecule has 0 radical (unpaired) electrons. The number of alkyl halides is 3. The Morgan fingerprint density at radius 3 is 2.26 bits per heavy atom. The van der Waals surface area contributed by atoms with Crippen molar-refractivity contribution in [2.45, 2.75) is 6.18 Å². The largest absolute Gasteiger partial charge is 0.437 e. The van der Waals surface area contributed by atoms with Crippen LogP contribution in [0.3, 0.4) is 0 Å². The van der Waals surface area contributed by atoms with Crippen molar-refractivity contribution >= 4 is 16.7 Å². The van der Waals surface area contributed by atoms with Crippen LogP contribution < -0.4 is 0 Å². The first-order valence-electron chi connectivity index (χ1n) is 6.82. The van der Waals surface area contributed by atoms with E-state index >= 15 is 0 Å². The van der Waals surface area contributed by atoms with Gasteiger partial charge in [0.15, 0.2) is 17.2 Å². The monoisotopic (exact) mass is 314 g/mol. The average Bonchev–Trinajstić information content (AvgIpc) is 2.99. The third kappa shape index (κ3) is 2.12. The molecule has 0 saturated heterocycles. The van der Waals surface area contributed by atoms with E-state index in [1.807, 2.05) is 6.07 Å². The molecule has 2 heterocycles. The lowest BCUT2D eigenvalue weighted by Gasteiger charge is -2.10. The Hall–Kier alpha value is -2.96. The van der Waals surface area contributed by atoms with Crippen LogP contribution in [-0.4, -0.2) is 19.6 Å². The Bertz CT molecular complexity index is 1010. The van der Waals surface area contributed by atoms with E-state index in [1.165, 1.54) is 4.40 Å². The molecule has 0 N–H and O–H groups in total. The van der Waals surface area contributed by atoms with E-state index in [9.17, 15) is 13.2 Å². The maximum atomic E-state index is 13.3. The first kappa shape index (κ1) is 13.7. The smallest absolute Gasteiger partial charge is 0.271 e. The third-order valence-electron chi connectivity index (χ3n) is 3.53. The minimum absolute atomic E-state index is 0.240. The van der Waals surface area contributed by atoms with Crippen LogP contribution in [0, 0.1) is 0 Å². The maximum Gasteiger partial charge on any atom is 0.437 e. The Balaban J connectivity index is 2.18. The van der Waals surface area contributed by atoms with Gasteiger partial charge in [0.1, 0.15) is 0 Å². The standard InChI is InChI=1S/C16H9F3N4/c17-16(18,19)13-15-22-21-14(10-6-2-1-3-7-10)23(15)12-9-5-4-8-11(12)20-13/h1-9H. The SMILES string of the molecule is FC(F)(F)c1nc2ccccc2n2c(-c3ccccc3)nnc12. The summed E-state index contributed by atoms with van der Waals surface area (Å²) in [5, 5.41) is 7.70. The van der Waals surface area contributed by atoms with Crippen molar-refractivity contribution in [2.24, 2.45) is 0 Å². The topological polar surface area (TPSA) is 43.1 Å². The number of hydrogen-bond donors (Lipinski definition) is 0. The van der Waals surface area contributed by atoms with Gasteiger partial charge in [-0.3, -0.25) is 4.40 Å². The van der Waals surface area contributed by atoms with E-state index in [1.54, 1.807) is 48.5 Å². The number of aromatic nitrogens is 4. The van der Waals surface area contributed by atoms with Crippen molar-refractivity contribution in [3.05, 3.63) is 60.3 Å². The number of benzene rings is 2. The highest BCUT2D eigenvalue weighted by Gasteiger charge is 2.37. The molecule has 2 aromatic carbocycles. The summed E-state index contributed by atoms with van der Waals surface area (Å²) in [4.78, 5) is 3.73. The first-order chi connectivity index (χ1) is 11.1. The van der Waals surface area contributed by atoms with Crippen LogP contribution in [0.4, 0.5) is 13.2 Å². The van der Waals surface area contributed by atoms with Crippen LogP contribution in [0.1, 0.15) is 5.69 Å². The van der Waals surface area contributed by atoms with Crippen LogP contribution in [0.2, 0.25) is 0 Å². The first-order valence-corrected chi connectivity index (χ1v) is 6.82. The van der Waals surface area contributed by atoms with Gasteiger partial charge < -0.3 is 0 Å². The fourth-order valence-electron chi connectivity index (χ4n) is 2.55. The zero-order valence-electron chi connectivity index (χ0n) is 11.6. The van der Waals surface area contributed by atoms with Crippen LogP contribution >= 0.6 is 0 Å². The van der Waals surface area contributed by atoms with Crippen LogP contribution in [-0.2, 0) is 6.18 Å².